The Bertz CT molecular complexity index is 252. The molecule has 2 rings (SSSR count). The Labute approximate surface area is 89.8 Å². The van der Waals surface area contributed by atoms with Crippen LogP contribution in [0.5, 0.6) is 0 Å². The summed E-state index contributed by atoms with van der Waals surface area (Å²) in [6.45, 7) is 3.24. The van der Waals surface area contributed by atoms with Crippen LogP contribution in [0.3, 0.4) is 0 Å². The molecular weight excluding hydrogens is 192 g/mol. The SMILES string of the molecule is CCNC(c1cncs1)C1CCCC1. The molecule has 2 nitrogen and oxygen atoms in total. The van der Waals surface area contributed by atoms with Crippen LogP contribution in [-0.4, -0.2) is 11.5 Å². The molecule has 1 N–H and O–H groups in total. The van der Waals surface area contributed by atoms with Gasteiger partial charge in [-0.05, 0) is 25.3 Å². The molecule has 0 aromatic carbocycles. The first-order valence-electron chi connectivity index (χ1n) is 5.53. The van der Waals surface area contributed by atoms with Crippen molar-refractivity contribution in [2.75, 3.05) is 6.54 Å². The monoisotopic (exact) mass is 210 g/mol. The quantitative estimate of drug-likeness (QED) is 0.826. The van der Waals surface area contributed by atoms with E-state index in [0.717, 1.165) is 12.5 Å². The largest absolute Gasteiger partial charge is 0.309 e. The van der Waals surface area contributed by atoms with Crippen molar-refractivity contribution in [1.82, 2.24) is 10.3 Å². The van der Waals surface area contributed by atoms with Gasteiger partial charge in [0.05, 0.1) is 5.51 Å². The molecular formula is C11H18N2S. The zero-order chi connectivity index (χ0) is 9.80. The van der Waals surface area contributed by atoms with Gasteiger partial charge in [-0.2, -0.15) is 0 Å². The van der Waals surface area contributed by atoms with Gasteiger partial charge in [-0.3, -0.25) is 4.98 Å². The maximum atomic E-state index is 4.18. The maximum absolute atomic E-state index is 4.18. The minimum absolute atomic E-state index is 0.565. The van der Waals surface area contributed by atoms with E-state index < -0.39 is 0 Å². The summed E-state index contributed by atoms with van der Waals surface area (Å²) in [7, 11) is 0. The fraction of sp³-hybridized carbons (Fsp3) is 0.727. The molecule has 1 aromatic heterocycles. The van der Waals surface area contributed by atoms with Gasteiger partial charge < -0.3 is 5.32 Å². The second-order valence-electron chi connectivity index (χ2n) is 3.98. The molecule has 1 fully saturated rings. The number of hydrogen-bond acceptors (Lipinski definition) is 3. The summed E-state index contributed by atoms with van der Waals surface area (Å²) in [6.07, 6.45) is 7.61. The lowest BCUT2D eigenvalue weighted by atomic mass is 9.97. The molecule has 1 saturated carbocycles. The topological polar surface area (TPSA) is 24.9 Å². The van der Waals surface area contributed by atoms with Gasteiger partial charge in [0, 0.05) is 17.1 Å². The van der Waals surface area contributed by atoms with Gasteiger partial charge in [-0.25, -0.2) is 0 Å². The predicted octanol–water partition coefficient (Wildman–Crippen LogP) is 2.98. The summed E-state index contributed by atoms with van der Waals surface area (Å²) < 4.78 is 0. The molecule has 0 amide bonds. The normalized spacial score (nSPS) is 20.1. The van der Waals surface area contributed by atoms with Crippen molar-refractivity contribution in [3.05, 3.63) is 16.6 Å². The lowest BCUT2D eigenvalue weighted by Crippen LogP contribution is -2.26. The molecule has 14 heavy (non-hydrogen) atoms. The van der Waals surface area contributed by atoms with Gasteiger partial charge in [0.1, 0.15) is 0 Å². The summed E-state index contributed by atoms with van der Waals surface area (Å²) in [4.78, 5) is 5.59. The number of aromatic nitrogens is 1. The second-order valence-corrected chi connectivity index (χ2v) is 4.90. The van der Waals surface area contributed by atoms with E-state index in [-0.39, 0.29) is 0 Å². The first-order valence-corrected chi connectivity index (χ1v) is 6.41. The van der Waals surface area contributed by atoms with Gasteiger partial charge in [-0.15, -0.1) is 11.3 Å². The molecule has 1 heterocycles. The minimum Gasteiger partial charge on any atom is -0.309 e. The van der Waals surface area contributed by atoms with Crippen molar-refractivity contribution >= 4 is 11.3 Å². The highest BCUT2D eigenvalue weighted by Crippen LogP contribution is 2.36. The first kappa shape index (κ1) is 10.1. The van der Waals surface area contributed by atoms with Crippen LogP contribution < -0.4 is 5.32 Å². The van der Waals surface area contributed by atoms with Gasteiger partial charge in [0.15, 0.2) is 0 Å². The molecule has 0 saturated heterocycles. The van der Waals surface area contributed by atoms with Crippen molar-refractivity contribution in [3.8, 4) is 0 Å². The highest BCUT2D eigenvalue weighted by atomic mass is 32.1. The third-order valence-corrected chi connectivity index (χ3v) is 3.91. The number of nitrogens with one attached hydrogen (secondary N) is 1. The summed E-state index contributed by atoms with van der Waals surface area (Å²) in [5.74, 6) is 0.843. The number of rotatable bonds is 4. The zero-order valence-corrected chi connectivity index (χ0v) is 9.52. The Morgan fingerprint density at radius 1 is 1.57 bits per heavy atom. The van der Waals surface area contributed by atoms with Crippen LogP contribution in [0, 0.1) is 5.92 Å². The van der Waals surface area contributed by atoms with Gasteiger partial charge in [0.25, 0.3) is 0 Å². The summed E-state index contributed by atoms with van der Waals surface area (Å²) >= 11 is 1.78. The lowest BCUT2D eigenvalue weighted by Gasteiger charge is -2.22. The van der Waals surface area contributed by atoms with E-state index in [1.165, 1.54) is 30.6 Å². The van der Waals surface area contributed by atoms with E-state index in [4.69, 9.17) is 0 Å². The second kappa shape index (κ2) is 4.89. The molecule has 78 valence electrons. The molecule has 0 spiro atoms. The van der Waals surface area contributed by atoms with Crippen LogP contribution in [0.15, 0.2) is 11.7 Å². The molecule has 1 aromatic rings. The Morgan fingerprint density at radius 2 is 2.36 bits per heavy atom. The molecule has 1 aliphatic rings. The molecule has 3 heteroatoms. The van der Waals surface area contributed by atoms with E-state index in [2.05, 4.69) is 17.2 Å². The van der Waals surface area contributed by atoms with Crippen LogP contribution in [0.4, 0.5) is 0 Å². The van der Waals surface area contributed by atoms with Gasteiger partial charge in [-0.1, -0.05) is 19.8 Å². The maximum Gasteiger partial charge on any atom is 0.0794 e. The molecule has 1 aliphatic carbocycles. The van der Waals surface area contributed by atoms with Crippen LogP contribution in [0.2, 0.25) is 0 Å². The summed E-state index contributed by atoms with van der Waals surface area (Å²) in [5, 5.41) is 3.60. The number of thiazole rings is 1. The Kier molecular flexibility index (Phi) is 3.54. The van der Waals surface area contributed by atoms with E-state index in [9.17, 15) is 0 Å². The van der Waals surface area contributed by atoms with Gasteiger partial charge in [0.2, 0.25) is 0 Å². The third-order valence-electron chi connectivity index (χ3n) is 3.05. The molecule has 0 bridgehead atoms. The van der Waals surface area contributed by atoms with Crippen LogP contribution >= 0.6 is 11.3 Å². The third kappa shape index (κ3) is 2.15. The summed E-state index contributed by atoms with van der Waals surface area (Å²) in [6, 6.07) is 0.565. The predicted molar refractivity (Wildman–Crippen MR) is 60.5 cm³/mol. The fourth-order valence-electron chi connectivity index (χ4n) is 2.39. The van der Waals surface area contributed by atoms with E-state index >= 15 is 0 Å². The van der Waals surface area contributed by atoms with Crippen molar-refractivity contribution < 1.29 is 0 Å². The standard InChI is InChI=1S/C11H18N2S/c1-2-13-11(9-5-3-4-6-9)10-7-12-8-14-10/h7-9,11,13H,2-6H2,1H3. The van der Waals surface area contributed by atoms with Crippen molar-refractivity contribution in [2.45, 2.75) is 38.6 Å². The van der Waals surface area contributed by atoms with Crippen LogP contribution in [0.1, 0.15) is 43.5 Å². The molecule has 1 atom stereocenters. The van der Waals surface area contributed by atoms with E-state index in [1.807, 2.05) is 11.7 Å². The Morgan fingerprint density at radius 3 is 2.93 bits per heavy atom. The fourth-order valence-corrected chi connectivity index (χ4v) is 3.18. The zero-order valence-electron chi connectivity index (χ0n) is 8.70. The van der Waals surface area contributed by atoms with Crippen LogP contribution in [0.25, 0.3) is 0 Å². The Balaban J connectivity index is 2.06. The molecule has 1 unspecified atom stereocenters. The van der Waals surface area contributed by atoms with E-state index in [0.29, 0.717) is 6.04 Å². The van der Waals surface area contributed by atoms with Crippen LogP contribution in [-0.2, 0) is 0 Å². The number of hydrogen-bond donors (Lipinski definition) is 1. The first-order chi connectivity index (χ1) is 6.92. The smallest absolute Gasteiger partial charge is 0.0794 e. The average molecular weight is 210 g/mol. The van der Waals surface area contributed by atoms with Crippen molar-refractivity contribution in [3.63, 3.8) is 0 Å². The number of nitrogens with zero attached hydrogens (tertiary/aromatic N) is 1. The van der Waals surface area contributed by atoms with E-state index in [1.54, 1.807) is 11.3 Å². The van der Waals surface area contributed by atoms with Crippen molar-refractivity contribution in [2.24, 2.45) is 5.92 Å². The highest BCUT2D eigenvalue weighted by Gasteiger charge is 2.26. The Hall–Kier alpha value is -0.410. The average Bonchev–Trinajstić information content (AvgIpc) is 2.87. The molecule has 0 aliphatic heterocycles. The highest BCUT2D eigenvalue weighted by molar-refractivity contribution is 7.09. The summed E-state index contributed by atoms with van der Waals surface area (Å²) in [5.41, 5.74) is 1.94. The van der Waals surface area contributed by atoms with Crippen molar-refractivity contribution in [1.29, 1.82) is 0 Å². The van der Waals surface area contributed by atoms with Gasteiger partial charge >= 0.3 is 0 Å². The lowest BCUT2D eigenvalue weighted by molar-refractivity contribution is 0.379. The molecule has 0 radical (unpaired) electrons. The minimum atomic E-state index is 0.565.